The standard InChI is InChI=1S/C27H30N2O4S/c1-19(2)33-24-12-10-21(11-13-24)17-28-27(30)26-16-22-6-4-5-7-23(22)18-29(26)34(31,32)25-14-8-20(3)9-15-25/h4-15,19,26H,16-18H2,1-3H3,(H,28,30)/t26-/m0/s1. The maximum absolute atomic E-state index is 13.6. The highest BCUT2D eigenvalue weighted by molar-refractivity contribution is 7.89. The Morgan fingerprint density at radius 3 is 2.29 bits per heavy atom. The average molecular weight is 479 g/mol. The first-order valence-electron chi connectivity index (χ1n) is 11.4. The average Bonchev–Trinajstić information content (AvgIpc) is 2.82. The van der Waals surface area contributed by atoms with Gasteiger partial charge in [-0.1, -0.05) is 54.1 Å². The molecular weight excluding hydrogens is 448 g/mol. The Hall–Kier alpha value is -3.16. The molecule has 0 fully saturated rings. The number of fused-ring (bicyclic) bond motifs is 1. The van der Waals surface area contributed by atoms with Gasteiger partial charge in [0.1, 0.15) is 11.8 Å². The highest BCUT2D eigenvalue weighted by atomic mass is 32.2. The van der Waals surface area contributed by atoms with Gasteiger partial charge in [0, 0.05) is 13.1 Å². The van der Waals surface area contributed by atoms with E-state index < -0.39 is 16.1 Å². The van der Waals surface area contributed by atoms with E-state index >= 15 is 0 Å². The van der Waals surface area contributed by atoms with Crippen molar-refractivity contribution in [3.05, 3.63) is 95.1 Å². The molecule has 178 valence electrons. The Kier molecular flexibility index (Phi) is 7.05. The lowest BCUT2D eigenvalue weighted by Gasteiger charge is -2.35. The van der Waals surface area contributed by atoms with Crippen molar-refractivity contribution in [3.63, 3.8) is 0 Å². The van der Waals surface area contributed by atoms with E-state index in [1.165, 1.54) is 4.31 Å². The lowest BCUT2D eigenvalue weighted by molar-refractivity contribution is -0.125. The summed E-state index contributed by atoms with van der Waals surface area (Å²) in [5, 5.41) is 2.94. The zero-order valence-corrected chi connectivity index (χ0v) is 20.5. The van der Waals surface area contributed by atoms with Crippen LogP contribution in [0.3, 0.4) is 0 Å². The summed E-state index contributed by atoms with van der Waals surface area (Å²) in [5.41, 5.74) is 3.80. The largest absolute Gasteiger partial charge is 0.491 e. The fraction of sp³-hybridized carbons (Fsp3) is 0.296. The van der Waals surface area contributed by atoms with Crippen molar-refractivity contribution < 1.29 is 17.9 Å². The highest BCUT2D eigenvalue weighted by Gasteiger charge is 2.39. The number of nitrogens with zero attached hydrogens (tertiary/aromatic N) is 1. The Labute approximate surface area is 201 Å². The van der Waals surface area contributed by atoms with Crippen molar-refractivity contribution >= 4 is 15.9 Å². The third-order valence-corrected chi connectivity index (χ3v) is 7.77. The summed E-state index contributed by atoms with van der Waals surface area (Å²) in [5.74, 6) is 0.456. The summed E-state index contributed by atoms with van der Waals surface area (Å²) in [7, 11) is -3.86. The van der Waals surface area contributed by atoms with Gasteiger partial charge in [0.15, 0.2) is 0 Å². The Morgan fingerprint density at radius 2 is 1.65 bits per heavy atom. The molecule has 0 bridgehead atoms. The molecule has 0 saturated carbocycles. The molecule has 3 aromatic carbocycles. The van der Waals surface area contributed by atoms with E-state index in [0.717, 1.165) is 28.0 Å². The lowest BCUT2D eigenvalue weighted by atomic mass is 9.95. The number of carbonyl (C=O) groups excluding carboxylic acids is 1. The molecule has 0 saturated heterocycles. The van der Waals surface area contributed by atoms with Gasteiger partial charge < -0.3 is 10.1 Å². The summed E-state index contributed by atoms with van der Waals surface area (Å²) < 4.78 is 34.1. The molecular formula is C27H30N2O4S. The molecule has 1 amide bonds. The predicted octanol–water partition coefficient (Wildman–Crippen LogP) is 4.21. The quantitative estimate of drug-likeness (QED) is 0.552. The normalized spacial score (nSPS) is 16.2. The van der Waals surface area contributed by atoms with Gasteiger partial charge in [-0.25, -0.2) is 8.42 Å². The zero-order chi connectivity index (χ0) is 24.3. The van der Waals surface area contributed by atoms with Crippen molar-refractivity contribution in [2.75, 3.05) is 0 Å². The Bertz CT molecular complexity index is 1250. The first-order valence-corrected chi connectivity index (χ1v) is 12.9. The maximum atomic E-state index is 13.6. The molecule has 6 nitrogen and oxygen atoms in total. The second kappa shape index (κ2) is 9.99. The number of aryl methyl sites for hydroxylation is 1. The van der Waals surface area contributed by atoms with E-state index in [1.807, 2.05) is 69.3 Å². The van der Waals surface area contributed by atoms with E-state index in [9.17, 15) is 13.2 Å². The molecule has 1 N–H and O–H groups in total. The van der Waals surface area contributed by atoms with Crippen molar-refractivity contribution in [3.8, 4) is 5.75 Å². The van der Waals surface area contributed by atoms with Gasteiger partial charge in [0.25, 0.3) is 0 Å². The second-order valence-corrected chi connectivity index (χ2v) is 10.8. The van der Waals surface area contributed by atoms with Crippen LogP contribution in [0, 0.1) is 6.92 Å². The van der Waals surface area contributed by atoms with Crippen LogP contribution in [0.5, 0.6) is 5.75 Å². The van der Waals surface area contributed by atoms with Gasteiger partial charge in [0.05, 0.1) is 11.0 Å². The predicted molar refractivity (Wildman–Crippen MR) is 132 cm³/mol. The van der Waals surface area contributed by atoms with Gasteiger partial charge in [-0.3, -0.25) is 4.79 Å². The number of rotatable bonds is 7. The fourth-order valence-electron chi connectivity index (χ4n) is 4.09. The van der Waals surface area contributed by atoms with Crippen LogP contribution in [0.15, 0.2) is 77.7 Å². The number of carbonyl (C=O) groups is 1. The zero-order valence-electron chi connectivity index (χ0n) is 19.7. The van der Waals surface area contributed by atoms with Crippen molar-refractivity contribution in [1.29, 1.82) is 0 Å². The minimum Gasteiger partial charge on any atom is -0.491 e. The van der Waals surface area contributed by atoms with Crippen LogP contribution < -0.4 is 10.1 Å². The SMILES string of the molecule is Cc1ccc(S(=O)(=O)N2Cc3ccccc3C[C@H]2C(=O)NCc2ccc(OC(C)C)cc2)cc1. The van der Waals surface area contributed by atoms with Crippen molar-refractivity contribution in [2.24, 2.45) is 0 Å². The lowest BCUT2D eigenvalue weighted by Crippen LogP contribution is -2.52. The summed E-state index contributed by atoms with van der Waals surface area (Å²) in [6.45, 7) is 6.30. The molecule has 3 aromatic rings. The van der Waals surface area contributed by atoms with Crippen LogP contribution >= 0.6 is 0 Å². The molecule has 0 aliphatic carbocycles. The number of sulfonamides is 1. The van der Waals surface area contributed by atoms with Crippen LogP contribution in [0.1, 0.15) is 36.1 Å². The molecule has 7 heteroatoms. The Morgan fingerprint density at radius 1 is 1.00 bits per heavy atom. The number of benzene rings is 3. The van der Waals surface area contributed by atoms with E-state index in [2.05, 4.69) is 5.32 Å². The van der Waals surface area contributed by atoms with E-state index in [-0.39, 0.29) is 23.5 Å². The van der Waals surface area contributed by atoms with Gasteiger partial charge in [-0.2, -0.15) is 4.31 Å². The van der Waals surface area contributed by atoms with Crippen molar-refractivity contribution in [1.82, 2.24) is 9.62 Å². The summed E-state index contributed by atoms with van der Waals surface area (Å²) >= 11 is 0. The van der Waals surface area contributed by atoms with Crippen LogP contribution in [0.25, 0.3) is 0 Å². The molecule has 4 rings (SSSR count). The van der Waals surface area contributed by atoms with E-state index in [1.54, 1.807) is 24.3 Å². The van der Waals surface area contributed by atoms with Crippen LogP contribution in [0.4, 0.5) is 0 Å². The fourth-order valence-corrected chi connectivity index (χ4v) is 5.65. The second-order valence-electron chi connectivity index (χ2n) is 8.88. The first kappa shape index (κ1) is 24.0. The van der Waals surface area contributed by atoms with Crippen molar-refractivity contribution in [2.45, 2.75) is 57.3 Å². The first-order chi connectivity index (χ1) is 16.2. The third kappa shape index (κ3) is 5.32. The van der Waals surface area contributed by atoms with Crippen LogP contribution in [0.2, 0.25) is 0 Å². The number of hydrogen-bond donors (Lipinski definition) is 1. The monoisotopic (exact) mass is 478 g/mol. The van der Waals surface area contributed by atoms with Crippen LogP contribution in [-0.2, 0) is 34.3 Å². The summed E-state index contributed by atoms with van der Waals surface area (Å²) in [6, 6.07) is 21.1. The smallest absolute Gasteiger partial charge is 0.244 e. The minimum absolute atomic E-state index is 0.0844. The summed E-state index contributed by atoms with van der Waals surface area (Å²) in [4.78, 5) is 13.5. The molecule has 0 aromatic heterocycles. The third-order valence-electron chi connectivity index (χ3n) is 5.90. The van der Waals surface area contributed by atoms with Gasteiger partial charge in [-0.15, -0.1) is 0 Å². The maximum Gasteiger partial charge on any atom is 0.244 e. The van der Waals surface area contributed by atoms with Gasteiger partial charge in [-0.05, 0) is 68.1 Å². The molecule has 1 aliphatic rings. The van der Waals surface area contributed by atoms with Crippen LogP contribution in [-0.4, -0.2) is 30.8 Å². The topological polar surface area (TPSA) is 75.7 Å². The number of hydrogen-bond acceptors (Lipinski definition) is 4. The summed E-state index contributed by atoms with van der Waals surface area (Å²) in [6.07, 6.45) is 0.412. The highest BCUT2D eigenvalue weighted by Crippen LogP contribution is 2.29. The molecule has 1 heterocycles. The molecule has 0 spiro atoms. The van der Waals surface area contributed by atoms with Gasteiger partial charge >= 0.3 is 0 Å². The number of amides is 1. The molecule has 0 unspecified atom stereocenters. The molecule has 34 heavy (non-hydrogen) atoms. The Balaban J connectivity index is 1.55. The van der Waals surface area contributed by atoms with E-state index in [0.29, 0.717) is 13.0 Å². The molecule has 1 atom stereocenters. The molecule has 0 radical (unpaired) electrons. The minimum atomic E-state index is -3.86. The number of nitrogens with one attached hydrogen (secondary N) is 1. The number of ether oxygens (including phenoxy) is 1. The molecule has 1 aliphatic heterocycles. The van der Waals surface area contributed by atoms with Gasteiger partial charge in [0.2, 0.25) is 15.9 Å². The van der Waals surface area contributed by atoms with E-state index in [4.69, 9.17) is 4.74 Å².